The molecule has 8 nitrogen and oxygen atoms in total. The van der Waals surface area contributed by atoms with E-state index in [1.54, 1.807) is 20.8 Å². The minimum Gasteiger partial charge on any atom is -0.462 e. The van der Waals surface area contributed by atoms with Crippen molar-refractivity contribution in [1.29, 1.82) is 0 Å². The summed E-state index contributed by atoms with van der Waals surface area (Å²) in [5.41, 5.74) is -1.14. The molecule has 0 aliphatic carbocycles. The number of amides is 2. The van der Waals surface area contributed by atoms with Crippen LogP contribution in [-0.2, 0) is 33.5 Å². The van der Waals surface area contributed by atoms with E-state index in [1.165, 1.54) is 7.11 Å². The maximum Gasteiger partial charge on any atom is 0.338 e. The fraction of sp³-hybridized carbons (Fsp3) is 0.733. The van der Waals surface area contributed by atoms with E-state index in [4.69, 9.17) is 14.3 Å². The van der Waals surface area contributed by atoms with Crippen LogP contribution in [0.5, 0.6) is 0 Å². The van der Waals surface area contributed by atoms with E-state index < -0.39 is 33.5 Å². The first-order chi connectivity index (χ1) is 11.0. The number of hydroxylamine groups is 2. The summed E-state index contributed by atoms with van der Waals surface area (Å²) in [6, 6.07) is 0. The van der Waals surface area contributed by atoms with E-state index in [9.17, 15) is 19.2 Å². The van der Waals surface area contributed by atoms with E-state index in [1.807, 2.05) is 0 Å². The molecule has 1 fully saturated rings. The van der Waals surface area contributed by atoms with Gasteiger partial charge in [-0.3, -0.25) is 14.4 Å². The third-order valence-electron chi connectivity index (χ3n) is 3.45. The van der Waals surface area contributed by atoms with Gasteiger partial charge in [-0.1, -0.05) is 15.9 Å². The lowest BCUT2D eigenvalue weighted by molar-refractivity contribution is -0.204. The summed E-state index contributed by atoms with van der Waals surface area (Å²) in [4.78, 5) is 52.4. The van der Waals surface area contributed by atoms with Crippen molar-refractivity contribution in [2.24, 2.45) is 5.41 Å². The SMILES string of the molecule is COCCOC(=O)C(C)(Br)CC(C)(C)C(=O)ON1C(=O)CCC1=O. The van der Waals surface area contributed by atoms with Crippen molar-refractivity contribution in [2.45, 2.75) is 44.4 Å². The largest absolute Gasteiger partial charge is 0.462 e. The van der Waals surface area contributed by atoms with Crippen LogP contribution in [0, 0.1) is 5.41 Å². The third-order valence-corrected chi connectivity index (χ3v) is 4.06. The van der Waals surface area contributed by atoms with Crippen LogP contribution in [0.4, 0.5) is 0 Å². The van der Waals surface area contributed by atoms with Gasteiger partial charge in [-0.25, -0.2) is 4.79 Å². The molecule has 1 aliphatic rings. The molecule has 1 aliphatic heterocycles. The lowest BCUT2D eigenvalue weighted by Crippen LogP contribution is -2.43. The Labute approximate surface area is 148 Å². The van der Waals surface area contributed by atoms with Gasteiger partial charge in [0.15, 0.2) is 0 Å². The molecule has 0 saturated carbocycles. The van der Waals surface area contributed by atoms with E-state index in [0.717, 1.165) is 0 Å². The molecule has 1 heterocycles. The number of ether oxygens (including phenoxy) is 2. The zero-order valence-corrected chi connectivity index (χ0v) is 15.8. The Morgan fingerprint density at radius 1 is 1.08 bits per heavy atom. The Morgan fingerprint density at radius 2 is 1.62 bits per heavy atom. The van der Waals surface area contributed by atoms with E-state index >= 15 is 0 Å². The smallest absolute Gasteiger partial charge is 0.338 e. The molecule has 0 radical (unpaired) electrons. The van der Waals surface area contributed by atoms with Gasteiger partial charge >= 0.3 is 11.9 Å². The molecule has 0 N–H and O–H groups in total. The van der Waals surface area contributed by atoms with Crippen molar-refractivity contribution < 1.29 is 33.5 Å². The summed E-state index contributed by atoms with van der Waals surface area (Å²) in [5.74, 6) is -2.43. The van der Waals surface area contributed by atoms with Crippen LogP contribution in [0.25, 0.3) is 0 Å². The molecule has 0 aromatic rings. The molecule has 1 atom stereocenters. The number of alkyl halides is 1. The molecule has 1 rings (SSSR count). The summed E-state index contributed by atoms with van der Waals surface area (Å²) in [6.07, 6.45) is 0.0872. The van der Waals surface area contributed by atoms with Crippen LogP contribution in [0.15, 0.2) is 0 Å². The molecule has 9 heteroatoms. The number of nitrogens with zero attached hydrogens (tertiary/aromatic N) is 1. The Bertz CT molecular complexity index is 514. The summed E-state index contributed by atoms with van der Waals surface area (Å²) < 4.78 is 8.72. The standard InChI is InChI=1S/C15H22BrNO7/c1-14(2,9-15(3,16)13(21)23-8-7-22-4)12(20)24-17-10(18)5-6-11(17)19/h5-9H2,1-4H3. The van der Waals surface area contributed by atoms with Crippen LogP contribution in [-0.4, -0.2) is 53.5 Å². The van der Waals surface area contributed by atoms with Gasteiger partial charge < -0.3 is 14.3 Å². The van der Waals surface area contributed by atoms with Crippen LogP contribution in [0.1, 0.15) is 40.0 Å². The molecule has 0 bridgehead atoms. The number of carbonyl (C=O) groups excluding carboxylic acids is 4. The van der Waals surface area contributed by atoms with Gasteiger partial charge in [-0.2, -0.15) is 0 Å². The first kappa shape index (κ1) is 20.6. The summed E-state index contributed by atoms with van der Waals surface area (Å²) in [5, 5.41) is 0.493. The topological polar surface area (TPSA) is 99.2 Å². The summed E-state index contributed by atoms with van der Waals surface area (Å²) in [6.45, 7) is 5.05. The Morgan fingerprint density at radius 3 is 2.12 bits per heavy atom. The number of carbonyl (C=O) groups is 4. The number of halogens is 1. The zero-order chi connectivity index (χ0) is 18.5. The van der Waals surface area contributed by atoms with Crippen LogP contribution in [0.3, 0.4) is 0 Å². The minimum absolute atomic E-state index is 0.0223. The Kier molecular flexibility index (Phi) is 6.91. The number of hydrogen-bond acceptors (Lipinski definition) is 7. The van der Waals surface area contributed by atoms with Gasteiger partial charge in [0.05, 0.1) is 12.0 Å². The van der Waals surface area contributed by atoms with Crippen molar-refractivity contribution in [3.63, 3.8) is 0 Å². The van der Waals surface area contributed by atoms with E-state index in [-0.39, 0.29) is 32.5 Å². The molecular weight excluding hydrogens is 386 g/mol. The number of imide groups is 1. The fourth-order valence-corrected chi connectivity index (χ4v) is 3.02. The lowest BCUT2D eigenvalue weighted by atomic mass is 9.83. The molecule has 0 aromatic carbocycles. The monoisotopic (exact) mass is 407 g/mol. The van der Waals surface area contributed by atoms with Crippen LogP contribution in [0.2, 0.25) is 0 Å². The Balaban J connectivity index is 2.69. The van der Waals surface area contributed by atoms with Gasteiger partial charge in [-0.05, 0) is 27.2 Å². The average Bonchev–Trinajstić information content (AvgIpc) is 2.78. The number of rotatable bonds is 8. The number of hydrogen-bond donors (Lipinski definition) is 0. The first-order valence-corrected chi connectivity index (χ1v) is 8.24. The molecule has 0 spiro atoms. The van der Waals surface area contributed by atoms with Crippen molar-refractivity contribution in [3.05, 3.63) is 0 Å². The first-order valence-electron chi connectivity index (χ1n) is 7.44. The summed E-state index contributed by atoms with van der Waals surface area (Å²) >= 11 is 3.27. The molecule has 136 valence electrons. The Hall–Kier alpha value is -1.48. The highest BCUT2D eigenvalue weighted by molar-refractivity contribution is 9.10. The zero-order valence-electron chi connectivity index (χ0n) is 14.2. The fourth-order valence-electron chi connectivity index (χ4n) is 2.21. The maximum atomic E-state index is 12.3. The van der Waals surface area contributed by atoms with Gasteiger partial charge in [0, 0.05) is 20.0 Å². The van der Waals surface area contributed by atoms with Crippen LogP contribution >= 0.6 is 15.9 Å². The highest BCUT2D eigenvalue weighted by atomic mass is 79.9. The lowest BCUT2D eigenvalue weighted by Gasteiger charge is -2.30. The predicted molar refractivity (Wildman–Crippen MR) is 85.7 cm³/mol. The quantitative estimate of drug-likeness (QED) is 0.259. The molecule has 0 aromatic heterocycles. The molecular formula is C15H22BrNO7. The van der Waals surface area contributed by atoms with E-state index in [0.29, 0.717) is 5.06 Å². The van der Waals surface area contributed by atoms with Gasteiger partial charge in [0.2, 0.25) is 0 Å². The maximum absolute atomic E-state index is 12.3. The van der Waals surface area contributed by atoms with Gasteiger partial charge in [-0.15, -0.1) is 5.06 Å². The highest BCUT2D eigenvalue weighted by Crippen LogP contribution is 2.36. The summed E-state index contributed by atoms with van der Waals surface area (Å²) in [7, 11) is 1.49. The van der Waals surface area contributed by atoms with Gasteiger partial charge in [0.25, 0.3) is 11.8 Å². The third kappa shape index (κ3) is 5.27. The van der Waals surface area contributed by atoms with Gasteiger partial charge in [0.1, 0.15) is 10.9 Å². The highest BCUT2D eigenvalue weighted by Gasteiger charge is 2.44. The number of esters is 1. The predicted octanol–water partition coefficient (Wildman–Crippen LogP) is 1.35. The minimum atomic E-state index is -1.14. The van der Waals surface area contributed by atoms with Crippen molar-refractivity contribution >= 4 is 39.7 Å². The second-order valence-corrected chi connectivity index (χ2v) is 8.10. The average molecular weight is 408 g/mol. The second-order valence-electron chi connectivity index (χ2n) is 6.35. The van der Waals surface area contributed by atoms with Crippen LogP contribution < -0.4 is 0 Å². The molecule has 2 amide bonds. The van der Waals surface area contributed by atoms with E-state index in [2.05, 4.69) is 15.9 Å². The second kappa shape index (κ2) is 8.06. The molecule has 1 saturated heterocycles. The molecule has 24 heavy (non-hydrogen) atoms. The normalized spacial score (nSPS) is 17.6. The molecule has 1 unspecified atom stereocenters. The number of methoxy groups -OCH3 is 1. The van der Waals surface area contributed by atoms with Crippen molar-refractivity contribution in [1.82, 2.24) is 5.06 Å². The van der Waals surface area contributed by atoms with Crippen molar-refractivity contribution in [3.8, 4) is 0 Å². The van der Waals surface area contributed by atoms with Crippen molar-refractivity contribution in [2.75, 3.05) is 20.3 Å².